The summed E-state index contributed by atoms with van der Waals surface area (Å²) in [7, 11) is 1.84. The Morgan fingerprint density at radius 1 is 1.07 bits per heavy atom. The number of carbonyl (C=O) groups is 1. The number of ether oxygens (including phenoxy) is 1. The van der Waals surface area contributed by atoms with E-state index in [0.717, 1.165) is 22.2 Å². The molecule has 29 heavy (non-hydrogen) atoms. The number of thiocarbonyl (C=S) groups is 1. The highest BCUT2D eigenvalue weighted by atomic mass is 32.1. The van der Waals surface area contributed by atoms with Gasteiger partial charge >= 0.3 is 0 Å². The smallest absolute Gasteiger partial charge is 0.276 e. The first-order valence-electron chi connectivity index (χ1n) is 9.67. The summed E-state index contributed by atoms with van der Waals surface area (Å²) in [5.74, 6) is 0.807. The quantitative estimate of drug-likeness (QED) is 0.456. The normalized spacial score (nSPS) is 15.7. The van der Waals surface area contributed by atoms with Crippen LogP contribution in [0, 0.1) is 0 Å². The van der Waals surface area contributed by atoms with Crippen molar-refractivity contribution in [1.82, 2.24) is 14.4 Å². The van der Waals surface area contributed by atoms with Crippen molar-refractivity contribution in [2.24, 2.45) is 0 Å². The van der Waals surface area contributed by atoms with Gasteiger partial charge in [0.15, 0.2) is 5.11 Å². The van der Waals surface area contributed by atoms with Crippen molar-refractivity contribution in [2.45, 2.75) is 13.5 Å². The Morgan fingerprint density at radius 2 is 1.79 bits per heavy atom. The third-order valence-electron chi connectivity index (χ3n) is 5.12. The maximum absolute atomic E-state index is 12.7. The predicted molar refractivity (Wildman–Crippen MR) is 120 cm³/mol. The summed E-state index contributed by atoms with van der Waals surface area (Å²) in [6.07, 6.45) is 4.01. The van der Waals surface area contributed by atoms with Crippen LogP contribution >= 0.6 is 12.2 Å². The second-order valence-corrected chi connectivity index (χ2v) is 7.24. The van der Waals surface area contributed by atoms with Crippen LogP contribution < -0.4 is 4.74 Å². The molecule has 6 heteroatoms. The number of rotatable bonds is 6. The molecule has 5 nitrogen and oxygen atoms in total. The van der Waals surface area contributed by atoms with Crippen LogP contribution in [0.1, 0.15) is 12.5 Å². The van der Waals surface area contributed by atoms with Crippen LogP contribution in [0.4, 0.5) is 0 Å². The molecule has 1 aromatic heterocycles. The van der Waals surface area contributed by atoms with Gasteiger partial charge in [-0.05, 0) is 43.4 Å². The maximum atomic E-state index is 12.7. The van der Waals surface area contributed by atoms with Crippen LogP contribution in [0.15, 0.2) is 66.5 Å². The highest BCUT2D eigenvalue weighted by Crippen LogP contribution is 2.27. The largest absolute Gasteiger partial charge is 0.492 e. The van der Waals surface area contributed by atoms with Crippen molar-refractivity contribution in [3.63, 3.8) is 0 Å². The highest BCUT2D eigenvalue weighted by Gasteiger charge is 2.34. The van der Waals surface area contributed by atoms with Crippen LogP contribution in [-0.4, -0.2) is 45.6 Å². The molecule has 1 aliphatic rings. The molecule has 0 atom stereocenters. The van der Waals surface area contributed by atoms with E-state index in [1.54, 1.807) is 9.80 Å². The van der Waals surface area contributed by atoms with Crippen molar-refractivity contribution in [2.75, 3.05) is 20.2 Å². The summed E-state index contributed by atoms with van der Waals surface area (Å²) in [5, 5.41) is 1.64. The van der Waals surface area contributed by atoms with Gasteiger partial charge in [0.1, 0.15) is 18.1 Å². The number of hydrogen-bond acceptors (Lipinski definition) is 3. The molecule has 0 radical (unpaired) electrons. The van der Waals surface area contributed by atoms with Crippen LogP contribution in [0.5, 0.6) is 5.75 Å². The first-order chi connectivity index (χ1) is 14.1. The summed E-state index contributed by atoms with van der Waals surface area (Å²) in [6, 6.07) is 18.0. The second-order valence-electron chi connectivity index (χ2n) is 6.88. The molecule has 1 fully saturated rings. The lowest BCUT2D eigenvalue weighted by atomic mass is 10.1. The summed E-state index contributed by atoms with van der Waals surface area (Å²) in [5.41, 5.74) is 2.70. The summed E-state index contributed by atoms with van der Waals surface area (Å²) in [6.45, 7) is 3.77. The highest BCUT2D eigenvalue weighted by molar-refractivity contribution is 7.80. The van der Waals surface area contributed by atoms with Gasteiger partial charge in [0, 0.05) is 36.3 Å². The number of carbonyl (C=O) groups excluding carboxylic acids is 1. The van der Waals surface area contributed by atoms with Crippen molar-refractivity contribution >= 4 is 40.2 Å². The Labute approximate surface area is 175 Å². The Bertz CT molecular complexity index is 1090. The minimum atomic E-state index is -0.0516. The molecule has 1 aliphatic heterocycles. The Kier molecular flexibility index (Phi) is 5.36. The second kappa shape index (κ2) is 8.09. The number of fused-ring (bicyclic) bond motifs is 1. The summed E-state index contributed by atoms with van der Waals surface area (Å²) in [4.78, 5) is 16.1. The van der Waals surface area contributed by atoms with Gasteiger partial charge in [-0.3, -0.25) is 9.69 Å². The van der Waals surface area contributed by atoms with E-state index in [0.29, 0.717) is 30.5 Å². The summed E-state index contributed by atoms with van der Waals surface area (Å²) < 4.78 is 8.02. The molecule has 0 bridgehead atoms. The lowest BCUT2D eigenvalue weighted by Crippen LogP contribution is -2.30. The zero-order valence-corrected chi connectivity index (χ0v) is 17.4. The Balaban J connectivity index is 1.62. The van der Waals surface area contributed by atoms with Gasteiger partial charge in [0.25, 0.3) is 5.91 Å². The van der Waals surface area contributed by atoms with E-state index < -0.39 is 0 Å². The molecule has 0 saturated carbocycles. The minimum absolute atomic E-state index is 0.0516. The standard InChI is InChI=1S/C23H23N3O2S/c1-3-26-22(27)21(24(2)23(26)29)15-17-16-25(20-12-8-7-11-19(17)20)13-14-28-18-9-5-4-6-10-18/h4-12,15-16H,3,13-14H2,1-2H3/b21-15+. The number of nitrogens with zero attached hydrogens (tertiary/aromatic N) is 3. The van der Waals surface area contributed by atoms with E-state index in [2.05, 4.69) is 22.9 Å². The van der Waals surface area contributed by atoms with Gasteiger partial charge in [0.05, 0.1) is 6.54 Å². The lowest BCUT2D eigenvalue weighted by Gasteiger charge is -2.13. The fourth-order valence-electron chi connectivity index (χ4n) is 3.59. The average molecular weight is 406 g/mol. The van der Waals surface area contributed by atoms with E-state index in [-0.39, 0.29) is 5.91 Å². The van der Waals surface area contributed by atoms with Crippen LogP contribution in [0.2, 0.25) is 0 Å². The zero-order chi connectivity index (χ0) is 20.4. The van der Waals surface area contributed by atoms with Gasteiger partial charge in [0.2, 0.25) is 0 Å². The minimum Gasteiger partial charge on any atom is -0.492 e. The average Bonchev–Trinajstić information content (AvgIpc) is 3.19. The first kappa shape index (κ1) is 19.2. The lowest BCUT2D eigenvalue weighted by molar-refractivity contribution is -0.122. The fourth-order valence-corrected chi connectivity index (χ4v) is 3.90. The molecule has 1 amide bonds. The Hall–Kier alpha value is -3.12. The monoisotopic (exact) mass is 405 g/mol. The van der Waals surface area contributed by atoms with Crippen molar-refractivity contribution < 1.29 is 9.53 Å². The molecule has 4 rings (SSSR count). The first-order valence-corrected chi connectivity index (χ1v) is 10.1. The van der Waals surface area contributed by atoms with Crippen molar-refractivity contribution in [3.05, 3.63) is 72.1 Å². The Morgan fingerprint density at radius 3 is 2.52 bits per heavy atom. The molecule has 1 saturated heterocycles. The molecule has 0 spiro atoms. The number of para-hydroxylation sites is 2. The maximum Gasteiger partial charge on any atom is 0.276 e. The van der Waals surface area contributed by atoms with E-state index in [9.17, 15) is 4.79 Å². The third-order valence-corrected chi connectivity index (χ3v) is 5.61. The van der Waals surface area contributed by atoms with Crippen LogP contribution in [-0.2, 0) is 11.3 Å². The topological polar surface area (TPSA) is 37.7 Å². The number of likely N-dealkylation sites (N-methyl/N-ethyl adjacent to an activating group) is 2. The van der Waals surface area contributed by atoms with E-state index in [4.69, 9.17) is 17.0 Å². The molecule has 148 valence electrons. The van der Waals surface area contributed by atoms with Crippen molar-refractivity contribution in [3.8, 4) is 5.75 Å². The van der Waals surface area contributed by atoms with Gasteiger partial charge in [-0.25, -0.2) is 0 Å². The summed E-state index contributed by atoms with van der Waals surface area (Å²) >= 11 is 5.41. The van der Waals surface area contributed by atoms with Gasteiger partial charge in [-0.15, -0.1) is 0 Å². The van der Waals surface area contributed by atoms with Gasteiger partial charge in [-0.2, -0.15) is 0 Å². The molecule has 3 aromatic rings. The third kappa shape index (κ3) is 3.63. The molecule has 0 aliphatic carbocycles. The van der Waals surface area contributed by atoms with Crippen LogP contribution in [0.25, 0.3) is 17.0 Å². The number of benzene rings is 2. The molecule has 0 unspecified atom stereocenters. The van der Waals surface area contributed by atoms with Gasteiger partial charge in [-0.1, -0.05) is 36.4 Å². The van der Waals surface area contributed by atoms with Crippen LogP contribution in [0.3, 0.4) is 0 Å². The number of amides is 1. The SMILES string of the molecule is CCN1C(=O)/C(=C\c2cn(CCOc3ccccc3)c3ccccc23)N(C)C1=S. The zero-order valence-electron chi connectivity index (χ0n) is 16.5. The van der Waals surface area contributed by atoms with Gasteiger partial charge < -0.3 is 14.2 Å². The predicted octanol–water partition coefficient (Wildman–Crippen LogP) is 4.14. The molecule has 2 heterocycles. The molecule has 2 aromatic carbocycles. The van der Waals surface area contributed by atoms with E-state index >= 15 is 0 Å². The number of aromatic nitrogens is 1. The molecular formula is C23H23N3O2S. The molecular weight excluding hydrogens is 382 g/mol. The molecule has 0 N–H and O–H groups in total. The van der Waals surface area contributed by atoms with Crippen molar-refractivity contribution in [1.29, 1.82) is 0 Å². The van der Waals surface area contributed by atoms with E-state index in [1.807, 2.05) is 62.5 Å². The fraction of sp³-hybridized carbons (Fsp3) is 0.217. The number of hydrogen-bond donors (Lipinski definition) is 0. The van der Waals surface area contributed by atoms with E-state index in [1.165, 1.54) is 0 Å².